The lowest BCUT2D eigenvalue weighted by Gasteiger charge is -2.11. The molecule has 0 radical (unpaired) electrons. The van der Waals surface area contributed by atoms with Crippen LogP contribution < -0.4 is 5.32 Å². The third-order valence-corrected chi connectivity index (χ3v) is 5.36. The fourth-order valence-corrected chi connectivity index (χ4v) is 3.70. The molecule has 0 unspecified atom stereocenters. The van der Waals surface area contributed by atoms with Gasteiger partial charge in [-0.1, -0.05) is 49.7 Å². The zero-order valence-electron chi connectivity index (χ0n) is 10.9. The van der Waals surface area contributed by atoms with Crippen molar-refractivity contribution in [2.75, 3.05) is 0 Å². The Morgan fingerprint density at radius 3 is 2.40 bits per heavy atom. The first-order chi connectivity index (χ1) is 9.70. The standard InChI is InChI=1S/C16H15Br2NS/c17-12-3-7-15(8-4-12)20-16-9-13(18)2-1-11(16)10-19-14-5-6-14/h1-4,7-9,14,19H,5-6,10H2. The third-order valence-electron chi connectivity index (χ3n) is 3.23. The maximum absolute atomic E-state index is 3.59. The molecule has 0 spiro atoms. The summed E-state index contributed by atoms with van der Waals surface area (Å²) in [7, 11) is 0. The SMILES string of the molecule is Brc1ccc(Sc2cc(Br)ccc2CNC2CC2)cc1. The fraction of sp³-hybridized carbons (Fsp3) is 0.250. The van der Waals surface area contributed by atoms with Gasteiger partial charge < -0.3 is 5.32 Å². The van der Waals surface area contributed by atoms with Crippen molar-refractivity contribution in [3.8, 4) is 0 Å². The first kappa shape index (κ1) is 14.6. The van der Waals surface area contributed by atoms with E-state index >= 15 is 0 Å². The van der Waals surface area contributed by atoms with Crippen molar-refractivity contribution in [2.45, 2.75) is 35.2 Å². The molecule has 2 aromatic carbocycles. The Hall–Kier alpha value is -0.290. The Bertz CT molecular complexity index is 594. The molecule has 0 saturated heterocycles. The summed E-state index contributed by atoms with van der Waals surface area (Å²) < 4.78 is 2.25. The Morgan fingerprint density at radius 1 is 1.00 bits per heavy atom. The lowest BCUT2D eigenvalue weighted by molar-refractivity contribution is 0.680. The van der Waals surface area contributed by atoms with Gasteiger partial charge in [0.25, 0.3) is 0 Å². The van der Waals surface area contributed by atoms with Crippen LogP contribution in [0.5, 0.6) is 0 Å². The van der Waals surface area contributed by atoms with Crippen molar-refractivity contribution in [1.29, 1.82) is 0 Å². The van der Waals surface area contributed by atoms with Gasteiger partial charge in [0.05, 0.1) is 0 Å². The number of halogens is 2. The van der Waals surface area contributed by atoms with Crippen LogP contribution in [0.15, 0.2) is 61.2 Å². The van der Waals surface area contributed by atoms with E-state index in [0.29, 0.717) is 0 Å². The average Bonchev–Trinajstić information content (AvgIpc) is 3.25. The van der Waals surface area contributed by atoms with Gasteiger partial charge in [-0.2, -0.15) is 0 Å². The van der Waals surface area contributed by atoms with Crippen LogP contribution in [-0.4, -0.2) is 6.04 Å². The molecule has 0 atom stereocenters. The Balaban J connectivity index is 1.78. The number of hydrogen-bond acceptors (Lipinski definition) is 2. The lowest BCUT2D eigenvalue weighted by Crippen LogP contribution is -2.15. The van der Waals surface area contributed by atoms with Crippen LogP contribution in [0.2, 0.25) is 0 Å². The predicted octanol–water partition coefficient (Wildman–Crippen LogP) is 5.61. The normalized spacial score (nSPS) is 14.5. The molecule has 0 bridgehead atoms. The van der Waals surface area contributed by atoms with E-state index in [1.54, 1.807) is 0 Å². The van der Waals surface area contributed by atoms with Crippen molar-refractivity contribution >= 4 is 43.6 Å². The summed E-state index contributed by atoms with van der Waals surface area (Å²) in [4.78, 5) is 2.58. The molecule has 1 N–H and O–H groups in total. The summed E-state index contributed by atoms with van der Waals surface area (Å²) in [6, 6.07) is 15.7. The van der Waals surface area contributed by atoms with E-state index in [0.717, 1.165) is 21.5 Å². The lowest BCUT2D eigenvalue weighted by atomic mass is 10.2. The molecule has 0 aliphatic heterocycles. The maximum Gasteiger partial charge on any atom is 0.0219 e. The summed E-state index contributed by atoms with van der Waals surface area (Å²) >= 11 is 8.87. The van der Waals surface area contributed by atoms with Gasteiger partial charge in [-0.25, -0.2) is 0 Å². The second-order valence-electron chi connectivity index (χ2n) is 4.96. The van der Waals surface area contributed by atoms with Gasteiger partial charge in [-0.3, -0.25) is 0 Å². The molecule has 4 heteroatoms. The third kappa shape index (κ3) is 4.10. The van der Waals surface area contributed by atoms with E-state index < -0.39 is 0 Å². The van der Waals surface area contributed by atoms with E-state index in [1.807, 2.05) is 11.8 Å². The molecule has 0 aromatic heterocycles. The van der Waals surface area contributed by atoms with E-state index in [1.165, 1.54) is 28.2 Å². The minimum absolute atomic E-state index is 0.740. The highest BCUT2D eigenvalue weighted by Gasteiger charge is 2.20. The Morgan fingerprint density at radius 2 is 1.70 bits per heavy atom. The van der Waals surface area contributed by atoms with Crippen molar-refractivity contribution in [3.63, 3.8) is 0 Å². The monoisotopic (exact) mass is 411 g/mol. The van der Waals surface area contributed by atoms with Crippen molar-refractivity contribution in [1.82, 2.24) is 5.32 Å². The van der Waals surface area contributed by atoms with Crippen LogP contribution >= 0.6 is 43.6 Å². The van der Waals surface area contributed by atoms with E-state index in [-0.39, 0.29) is 0 Å². The molecule has 1 aliphatic carbocycles. The van der Waals surface area contributed by atoms with E-state index in [4.69, 9.17) is 0 Å². The number of hydrogen-bond donors (Lipinski definition) is 1. The Labute approximate surface area is 140 Å². The molecule has 0 amide bonds. The van der Waals surface area contributed by atoms with Gasteiger partial charge in [-0.05, 0) is 54.8 Å². The van der Waals surface area contributed by atoms with Gasteiger partial charge in [0.15, 0.2) is 0 Å². The Kier molecular flexibility index (Phi) is 4.87. The molecular weight excluding hydrogens is 398 g/mol. The molecule has 3 rings (SSSR count). The van der Waals surface area contributed by atoms with Gasteiger partial charge >= 0.3 is 0 Å². The minimum atomic E-state index is 0.740. The molecule has 1 fully saturated rings. The highest BCUT2D eigenvalue weighted by Crippen LogP contribution is 2.33. The summed E-state index contributed by atoms with van der Waals surface area (Å²) in [5.41, 5.74) is 1.37. The molecule has 1 aliphatic rings. The minimum Gasteiger partial charge on any atom is -0.310 e. The molecule has 2 aromatic rings. The molecule has 20 heavy (non-hydrogen) atoms. The van der Waals surface area contributed by atoms with Crippen LogP contribution in [0.4, 0.5) is 0 Å². The van der Waals surface area contributed by atoms with Crippen molar-refractivity contribution in [2.24, 2.45) is 0 Å². The van der Waals surface area contributed by atoms with Crippen LogP contribution in [0.25, 0.3) is 0 Å². The second-order valence-corrected chi connectivity index (χ2v) is 7.91. The van der Waals surface area contributed by atoms with Gasteiger partial charge in [0.2, 0.25) is 0 Å². The molecule has 1 nitrogen and oxygen atoms in total. The molecule has 1 saturated carbocycles. The molecular formula is C16H15Br2NS. The van der Waals surface area contributed by atoms with Gasteiger partial charge in [-0.15, -0.1) is 0 Å². The van der Waals surface area contributed by atoms with Gasteiger partial charge in [0.1, 0.15) is 0 Å². The van der Waals surface area contributed by atoms with Gasteiger partial charge in [0, 0.05) is 31.3 Å². The summed E-state index contributed by atoms with van der Waals surface area (Å²) in [6.07, 6.45) is 2.65. The van der Waals surface area contributed by atoms with Crippen molar-refractivity contribution < 1.29 is 0 Å². The van der Waals surface area contributed by atoms with E-state index in [9.17, 15) is 0 Å². The molecule has 0 heterocycles. The average molecular weight is 413 g/mol. The zero-order chi connectivity index (χ0) is 13.9. The number of benzene rings is 2. The predicted molar refractivity (Wildman–Crippen MR) is 92.3 cm³/mol. The fourth-order valence-electron chi connectivity index (χ4n) is 1.94. The first-order valence-electron chi connectivity index (χ1n) is 6.66. The zero-order valence-corrected chi connectivity index (χ0v) is 14.9. The first-order valence-corrected chi connectivity index (χ1v) is 9.06. The topological polar surface area (TPSA) is 12.0 Å². The maximum atomic E-state index is 3.59. The van der Waals surface area contributed by atoms with Crippen LogP contribution in [0.1, 0.15) is 18.4 Å². The summed E-state index contributed by atoms with van der Waals surface area (Å²) in [6.45, 7) is 0.955. The summed E-state index contributed by atoms with van der Waals surface area (Å²) in [5.74, 6) is 0. The van der Waals surface area contributed by atoms with Crippen LogP contribution in [0, 0.1) is 0 Å². The van der Waals surface area contributed by atoms with E-state index in [2.05, 4.69) is 79.6 Å². The highest BCUT2D eigenvalue weighted by molar-refractivity contribution is 9.10. The van der Waals surface area contributed by atoms with Crippen LogP contribution in [0.3, 0.4) is 0 Å². The summed E-state index contributed by atoms with van der Waals surface area (Å²) in [5, 5.41) is 3.59. The molecule has 104 valence electrons. The number of nitrogens with one attached hydrogen (secondary N) is 1. The van der Waals surface area contributed by atoms with Crippen molar-refractivity contribution in [3.05, 3.63) is 57.0 Å². The highest BCUT2D eigenvalue weighted by atomic mass is 79.9. The number of rotatable bonds is 5. The largest absolute Gasteiger partial charge is 0.310 e. The smallest absolute Gasteiger partial charge is 0.0219 e. The quantitative estimate of drug-likeness (QED) is 0.684. The second kappa shape index (κ2) is 6.65. The van der Waals surface area contributed by atoms with Crippen LogP contribution in [-0.2, 0) is 6.54 Å².